The van der Waals surface area contributed by atoms with E-state index in [0.29, 0.717) is 18.8 Å². The molecule has 3 heterocycles. The fourth-order valence-electron chi connectivity index (χ4n) is 4.61. The van der Waals surface area contributed by atoms with Crippen LogP contribution < -0.4 is 5.73 Å². The van der Waals surface area contributed by atoms with E-state index >= 15 is 0 Å². The Morgan fingerprint density at radius 2 is 1.89 bits per heavy atom. The van der Waals surface area contributed by atoms with Gasteiger partial charge in [0.2, 0.25) is 5.91 Å². The number of fused-ring (bicyclic) bond motifs is 1. The summed E-state index contributed by atoms with van der Waals surface area (Å²) in [6.07, 6.45) is 3.48. The molecule has 6 heteroatoms. The summed E-state index contributed by atoms with van der Waals surface area (Å²) in [5, 5.41) is 0. The molecule has 0 saturated carbocycles. The van der Waals surface area contributed by atoms with Gasteiger partial charge in [0.05, 0.1) is 12.3 Å². The number of likely N-dealkylation sites (tertiary alicyclic amines) is 2. The molecule has 0 spiro atoms. The molecule has 0 radical (unpaired) electrons. The maximum absolute atomic E-state index is 12.5. The predicted molar refractivity (Wildman–Crippen MR) is 101 cm³/mol. The summed E-state index contributed by atoms with van der Waals surface area (Å²) in [6, 6.07) is 13.5. The first-order valence-electron chi connectivity index (χ1n) is 9.53. The average molecular weight is 367 g/mol. The third-order valence-corrected chi connectivity index (χ3v) is 5.82. The smallest absolute Gasteiger partial charge is 0.289 e. The molecular weight excluding hydrogens is 342 g/mol. The van der Waals surface area contributed by atoms with E-state index in [4.69, 9.17) is 10.2 Å². The van der Waals surface area contributed by atoms with Gasteiger partial charge in [0.15, 0.2) is 5.76 Å². The van der Waals surface area contributed by atoms with Crippen molar-refractivity contribution in [3.8, 4) is 0 Å². The lowest BCUT2D eigenvalue weighted by atomic mass is 9.94. The molecule has 0 aliphatic carbocycles. The quantitative estimate of drug-likeness (QED) is 0.844. The van der Waals surface area contributed by atoms with Gasteiger partial charge in [-0.2, -0.15) is 0 Å². The van der Waals surface area contributed by atoms with Crippen LogP contribution in [0.4, 0.5) is 0 Å². The number of nitrogens with two attached hydrogens (primary N) is 1. The fourth-order valence-corrected chi connectivity index (χ4v) is 4.61. The summed E-state index contributed by atoms with van der Waals surface area (Å²) < 4.78 is 5.23. The van der Waals surface area contributed by atoms with E-state index < -0.39 is 0 Å². The van der Waals surface area contributed by atoms with Crippen LogP contribution in [0.2, 0.25) is 0 Å². The molecular formula is C21H25N3O3. The largest absolute Gasteiger partial charge is 0.459 e. The first-order chi connectivity index (χ1) is 13.1. The second-order valence-corrected chi connectivity index (χ2v) is 7.54. The Balaban J connectivity index is 1.37. The van der Waals surface area contributed by atoms with Crippen LogP contribution in [-0.4, -0.2) is 53.8 Å². The minimum absolute atomic E-state index is 0.103. The van der Waals surface area contributed by atoms with Crippen LogP contribution in [0, 0.1) is 11.8 Å². The van der Waals surface area contributed by atoms with Gasteiger partial charge in [-0.05, 0) is 43.0 Å². The van der Waals surface area contributed by atoms with Crippen molar-refractivity contribution in [3.63, 3.8) is 0 Å². The number of carbonyl (C=O) groups is 2. The highest BCUT2D eigenvalue weighted by Crippen LogP contribution is 2.37. The molecule has 2 unspecified atom stereocenters. The summed E-state index contributed by atoms with van der Waals surface area (Å²) >= 11 is 0. The van der Waals surface area contributed by atoms with Gasteiger partial charge in [-0.25, -0.2) is 0 Å². The van der Waals surface area contributed by atoms with Crippen LogP contribution in [0.3, 0.4) is 0 Å². The minimum atomic E-state index is -0.292. The Labute approximate surface area is 158 Å². The van der Waals surface area contributed by atoms with E-state index in [1.54, 1.807) is 17.0 Å². The highest BCUT2D eigenvalue weighted by atomic mass is 16.3. The number of hydrogen-bond acceptors (Lipinski definition) is 4. The topological polar surface area (TPSA) is 79.8 Å². The van der Waals surface area contributed by atoms with Crippen LogP contribution in [0.25, 0.3) is 0 Å². The number of furan rings is 1. The van der Waals surface area contributed by atoms with Crippen LogP contribution in [-0.2, 0) is 11.2 Å². The zero-order valence-corrected chi connectivity index (χ0v) is 15.3. The maximum atomic E-state index is 12.5. The molecule has 2 N–H and O–H groups in total. The maximum Gasteiger partial charge on any atom is 0.289 e. The van der Waals surface area contributed by atoms with Crippen LogP contribution in [0.15, 0.2) is 53.1 Å². The molecule has 2 aliphatic rings. The Bertz CT molecular complexity index is 790. The van der Waals surface area contributed by atoms with Gasteiger partial charge in [0.1, 0.15) is 0 Å². The number of amides is 2. The predicted octanol–water partition coefficient (Wildman–Crippen LogP) is 1.77. The third kappa shape index (κ3) is 3.62. The van der Waals surface area contributed by atoms with Crippen LogP contribution in [0.1, 0.15) is 22.5 Å². The van der Waals surface area contributed by atoms with Gasteiger partial charge in [-0.1, -0.05) is 30.3 Å². The average Bonchev–Trinajstić information content (AvgIpc) is 3.37. The molecule has 142 valence electrons. The number of benzene rings is 1. The van der Waals surface area contributed by atoms with Gasteiger partial charge in [-0.3, -0.25) is 14.5 Å². The van der Waals surface area contributed by atoms with Gasteiger partial charge < -0.3 is 15.1 Å². The lowest BCUT2D eigenvalue weighted by Crippen LogP contribution is -2.46. The molecule has 3 atom stereocenters. The standard InChI is InChI=1S/C21H25N3O3/c22-20(25)19-17-14-24(21(26)18-9-5-11-27-18)13-16(17)12-23(19)10-4-8-15-6-2-1-3-7-15/h1-3,5-7,9,11,16-17,19H,4,8,10,12-14H2,(H2,22,25)/t16?,17-,19?/m1/s1. The van der Waals surface area contributed by atoms with Crippen molar-refractivity contribution < 1.29 is 14.0 Å². The number of rotatable bonds is 6. The van der Waals surface area contributed by atoms with Crippen molar-refractivity contribution in [2.75, 3.05) is 26.2 Å². The van der Waals surface area contributed by atoms with Gasteiger partial charge in [0.25, 0.3) is 5.91 Å². The fraction of sp³-hybridized carbons (Fsp3) is 0.429. The van der Waals surface area contributed by atoms with E-state index in [1.807, 2.05) is 18.2 Å². The Kier molecular flexibility index (Phi) is 4.99. The molecule has 1 aromatic carbocycles. The summed E-state index contributed by atoms with van der Waals surface area (Å²) in [4.78, 5) is 28.7. The van der Waals surface area contributed by atoms with E-state index in [9.17, 15) is 9.59 Å². The lowest BCUT2D eigenvalue weighted by molar-refractivity contribution is -0.123. The second kappa shape index (κ2) is 7.56. The number of nitrogens with zero attached hydrogens (tertiary/aromatic N) is 2. The molecule has 4 rings (SSSR count). The van der Waals surface area contributed by atoms with Gasteiger partial charge >= 0.3 is 0 Å². The highest BCUT2D eigenvalue weighted by molar-refractivity contribution is 5.92. The van der Waals surface area contributed by atoms with Gasteiger partial charge in [-0.15, -0.1) is 0 Å². The summed E-state index contributed by atoms with van der Waals surface area (Å²) in [7, 11) is 0. The van der Waals surface area contributed by atoms with Crippen LogP contribution >= 0.6 is 0 Å². The molecule has 27 heavy (non-hydrogen) atoms. The number of hydrogen-bond donors (Lipinski definition) is 1. The van der Waals surface area contributed by atoms with Crippen molar-refractivity contribution in [1.29, 1.82) is 0 Å². The normalized spacial score (nSPS) is 24.9. The Morgan fingerprint density at radius 3 is 2.59 bits per heavy atom. The van der Waals surface area contributed by atoms with Crippen molar-refractivity contribution in [2.24, 2.45) is 17.6 Å². The summed E-state index contributed by atoms with van der Waals surface area (Å²) in [5.74, 6) is 0.365. The van der Waals surface area contributed by atoms with Crippen LogP contribution in [0.5, 0.6) is 0 Å². The van der Waals surface area contributed by atoms with Crippen molar-refractivity contribution in [2.45, 2.75) is 18.9 Å². The summed E-state index contributed by atoms with van der Waals surface area (Å²) in [5.41, 5.74) is 7.05. The van der Waals surface area contributed by atoms with E-state index in [2.05, 4.69) is 17.0 Å². The third-order valence-electron chi connectivity index (χ3n) is 5.82. The lowest BCUT2D eigenvalue weighted by Gasteiger charge is -2.27. The van der Waals surface area contributed by atoms with E-state index in [1.165, 1.54) is 11.8 Å². The Morgan fingerprint density at radius 1 is 1.07 bits per heavy atom. The van der Waals surface area contributed by atoms with Crippen molar-refractivity contribution >= 4 is 11.8 Å². The molecule has 2 saturated heterocycles. The minimum Gasteiger partial charge on any atom is -0.459 e. The van der Waals surface area contributed by atoms with Crippen molar-refractivity contribution in [3.05, 3.63) is 60.1 Å². The first-order valence-corrected chi connectivity index (χ1v) is 9.53. The number of primary amides is 1. The monoisotopic (exact) mass is 367 g/mol. The summed E-state index contributed by atoms with van der Waals surface area (Å²) in [6.45, 7) is 2.88. The Hall–Kier alpha value is -2.60. The van der Waals surface area contributed by atoms with Crippen molar-refractivity contribution in [1.82, 2.24) is 9.80 Å². The molecule has 2 fully saturated rings. The van der Waals surface area contributed by atoms with E-state index in [0.717, 1.165) is 25.9 Å². The molecule has 6 nitrogen and oxygen atoms in total. The second-order valence-electron chi connectivity index (χ2n) is 7.54. The number of aryl methyl sites for hydroxylation is 1. The molecule has 2 aliphatic heterocycles. The zero-order valence-electron chi connectivity index (χ0n) is 15.3. The zero-order chi connectivity index (χ0) is 18.8. The van der Waals surface area contributed by atoms with E-state index in [-0.39, 0.29) is 29.7 Å². The molecule has 1 aromatic heterocycles. The molecule has 2 amide bonds. The number of carbonyl (C=O) groups excluding carboxylic acids is 2. The molecule has 2 aromatic rings. The first kappa shape index (κ1) is 17.8. The highest BCUT2D eigenvalue weighted by Gasteiger charge is 2.50. The van der Waals surface area contributed by atoms with Gasteiger partial charge in [0, 0.05) is 25.6 Å². The molecule has 0 bridgehead atoms. The SMILES string of the molecule is NC(=O)C1[C@@H]2CN(C(=O)c3ccco3)CC2CN1CCCc1ccccc1.